The van der Waals surface area contributed by atoms with Gasteiger partial charge in [-0.2, -0.15) is 0 Å². The largest absolute Gasteiger partial charge is 0.345 e. The Hall–Kier alpha value is -0.610. The summed E-state index contributed by atoms with van der Waals surface area (Å²) in [4.78, 5) is 8.96. The molecule has 1 saturated carbocycles. The summed E-state index contributed by atoms with van der Waals surface area (Å²) in [5, 5.41) is 4.78. The Morgan fingerprint density at radius 2 is 1.86 bits per heavy atom. The molecule has 4 heteroatoms. The van der Waals surface area contributed by atoms with Gasteiger partial charge in [0.05, 0.1) is 5.69 Å². The number of hydrogen-bond acceptors (Lipinski definition) is 4. The van der Waals surface area contributed by atoms with E-state index in [2.05, 4.69) is 51.8 Å². The molecule has 0 radical (unpaired) electrons. The number of thiazole rings is 1. The van der Waals surface area contributed by atoms with Gasteiger partial charge in [-0.1, -0.05) is 27.7 Å². The predicted octanol–water partition coefficient (Wildman–Crippen LogP) is 4.39. The Labute approximate surface area is 134 Å². The molecular weight excluding hydrogens is 278 g/mol. The predicted molar refractivity (Wildman–Crippen MR) is 93.4 cm³/mol. The smallest absolute Gasteiger partial charge is 0.186 e. The summed E-state index contributed by atoms with van der Waals surface area (Å²) >= 11 is 1.90. The Bertz CT molecular complexity index is 447. The highest BCUT2D eigenvalue weighted by atomic mass is 32.1. The molecule has 0 aromatic carbocycles. The van der Waals surface area contributed by atoms with Crippen LogP contribution in [0.4, 0.5) is 5.13 Å². The average Bonchev–Trinajstić information content (AvgIpc) is 3.13. The van der Waals surface area contributed by atoms with E-state index < -0.39 is 0 Å². The Kier molecular flexibility index (Phi) is 5.67. The second-order valence-electron chi connectivity index (χ2n) is 7.25. The van der Waals surface area contributed by atoms with E-state index in [1.807, 2.05) is 11.3 Å². The topological polar surface area (TPSA) is 28.2 Å². The third kappa shape index (κ3) is 4.68. The molecule has 0 aliphatic heterocycles. The van der Waals surface area contributed by atoms with E-state index in [1.54, 1.807) is 0 Å². The van der Waals surface area contributed by atoms with Gasteiger partial charge < -0.3 is 10.2 Å². The Balaban J connectivity index is 2.20. The zero-order valence-electron chi connectivity index (χ0n) is 14.4. The fraction of sp³-hybridized carbons (Fsp3) is 0.824. The molecule has 0 unspecified atom stereocenters. The van der Waals surface area contributed by atoms with Gasteiger partial charge >= 0.3 is 0 Å². The SMILES string of the molecule is CC(C)CN(c1nc(C2CC2)c(CNC(C)C)s1)C(C)C. The average molecular weight is 310 g/mol. The lowest BCUT2D eigenvalue weighted by Crippen LogP contribution is -2.34. The normalized spacial score (nSPS) is 15.5. The highest BCUT2D eigenvalue weighted by Gasteiger charge is 2.31. The lowest BCUT2D eigenvalue weighted by Gasteiger charge is -2.27. The van der Waals surface area contributed by atoms with Crippen molar-refractivity contribution in [3.63, 3.8) is 0 Å². The van der Waals surface area contributed by atoms with E-state index in [1.165, 1.54) is 28.5 Å². The molecule has 21 heavy (non-hydrogen) atoms. The summed E-state index contributed by atoms with van der Waals surface area (Å²) in [5.74, 6) is 1.39. The maximum absolute atomic E-state index is 5.03. The summed E-state index contributed by atoms with van der Waals surface area (Å²) in [6, 6.07) is 1.04. The van der Waals surface area contributed by atoms with Crippen LogP contribution < -0.4 is 10.2 Å². The molecule has 1 heterocycles. The molecule has 1 fully saturated rings. The van der Waals surface area contributed by atoms with Crippen LogP contribution in [0.3, 0.4) is 0 Å². The first-order valence-corrected chi connectivity index (χ1v) is 9.19. The molecule has 2 rings (SSSR count). The summed E-state index contributed by atoms with van der Waals surface area (Å²) in [7, 11) is 0. The van der Waals surface area contributed by atoms with E-state index in [-0.39, 0.29) is 0 Å². The second-order valence-corrected chi connectivity index (χ2v) is 8.32. The van der Waals surface area contributed by atoms with Crippen molar-refractivity contribution in [3.8, 4) is 0 Å². The van der Waals surface area contributed by atoms with Gasteiger partial charge in [-0.05, 0) is 32.6 Å². The van der Waals surface area contributed by atoms with Crippen LogP contribution >= 0.6 is 11.3 Å². The molecule has 3 nitrogen and oxygen atoms in total. The van der Waals surface area contributed by atoms with Gasteiger partial charge in [-0.25, -0.2) is 4.98 Å². The van der Waals surface area contributed by atoms with Gasteiger partial charge in [0, 0.05) is 36.0 Å². The summed E-state index contributed by atoms with van der Waals surface area (Å²) < 4.78 is 0. The molecule has 0 saturated heterocycles. The quantitative estimate of drug-likeness (QED) is 0.772. The number of rotatable bonds is 8. The highest BCUT2D eigenvalue weighted by molar-refractivity contribution is 7.15. The van der Waals surface area contributed by atoms with Crippen molar-refractivity contribution in [2.75, 3.05) is 11.4 Å². The second kappa shape index (κ2) is 7.10. The minimum Gasteiger partial charge on any atom is -0.345 e. The molecule has 1 N–H and O–H groups in total. The van der Waals surface area contributed by atoms with Gasteiger partial charge in [-0.3, -0.25) is 0 Å². The number of hydrogen-bond donors (Lipinski definition) is 1. The van der Waals surface area contributed by atoms with E-state index in [4.69, 9.17) is 4.98 Å². The number of aromatic nitrogens is 1. The van der Waals surface area contributed by atoms with Crippen molar-refractivity contribution in [1.29, 1.82) is 0 Å². The summed E-state index contributed by atoms with van der Waals surface area (Å²) in [6.07, 6.45) is 2.65. The third-order valence-electron chi connectivity index (χ3n) is 3.78. The van der Waals surface area contributed by atoms with E-state index >= 15 is 0 Å². The first-order chi connectivity index (χ1) is 9.88. The van der Waals surface area contributed by atoms with Crippen LogP contribution in [-0.2, 0) is 6.54 Å². The van der Waals surface area contributed by atoms with Crippen molar-refractivity contribution < 1.29 is 0 Å². The van der Waals surface area contributed by atoms with E-state index in [9.17, 15) is 0 Å². The molecule has 0 spiro atoms. The van der Waals surface area contributed by atoms with Gasteiger partial charge in [-0.15, -0.1) is 11.3 Å². The zero-order valence-corrected chi connectivity index (χ0v) is 15.3. The first kappa shape index (κ1) is 16.8. The van der Waals surface area contributed by atoms with Crippen LogP contribution in [0.1, 0.15) is 70.9 Å². The van der Waals surface area contributed by atoms with Crippen molar-refractivity contribution in [3.05, 3.63) is 10.6 Å². The maximum atomic E-state index is 5.03. The lowest BCUT2D eigenvalue weighted by atomic mass is 10.2. The molecular formula is C17H31N3S. The molecule has 0 amide bonds. The van der Waals surface area contributed by atoms with Crippen LogP contribution in [0.2, 0.25) is 0 Å². The zero-order chi connectivity index (χ0) is 15.6. The van der Waals surface area contributed by atoms with Crippen LogP contribution in [0.15, 0.2) is 0 Å². The fourth-order valence-corrected chi connectivity index (χ4v) is 3.72. The molecule has 0 atom stereocenters. The minimum absolute atomic E-state index is 0.511. The van der Waals surface area contributed by atoms with Gasteiger partial charge in [0.15, 0.2) is 5.13 Å². The summed E-state index contributed by atoms with van der Waals surface area (Å²) in [5.41, 5.74) is 1.37. The standard InChI is InChI=1S/C17H31N3S/c1-11(2)10-20(13(5)6)17-19-16(14-7-8-14)15(21-17)9-18-12(3)4/h11-14,18H,7-10H2,1-6H3. The minimum atomic E-state index is 0.511. The molecule has 1 aromatic rings. The lowest BCUT2D eigenvalue weighted by molar-refractivity contribution is 0.569. The van der Waals surface area contributed by atoms with Crippen molar-refractivity contribution in [2.24, 2.45) is 5.92 Å². The molecule has 1 aromatic heterocycles. The number of nitrogens with one attached hydrogen (secondary N) is 1. The molecule has 0 bridgehead atoms. The molecule has 1 aliphatic rings. The van der Waals surface area contributed by atoms with Crippen LogP contribution in [0.5, 0.6) is 0 Å². The molecule has 1 aliphatic carbocycles. The Morgan fingerprint density at radius 3 is 2.33 bits per heavy atom. The van der Waals surface area contributed by atoms with Gasteiger partial charge in [0.2, 0.25) is 0 Å². The van der Waals surface area contributed by atoms with Gasteiger partial charge in [0.25, 0.3) is 0 Å². The van der Waals surface area contributed by atoms with Gasteiger partial charge in [0.1, 0.15) is 0 Å². The monoisotopic (exact) mass is 309 g/mol. The molecule has 120 valence electrons. The van der Waals surface area contributed by atoms with E-state index in [0.717, 1.165) is 19.0 Å². The fourth-order valence-electron chi connectivity index (χ4n) is 2.48. The van der Waals surface area contributed by atoms with Crippen LogP contribution in [0, 0.1) is 5.92 Å². The van der Waals surface area contributed by atoms with Crippen molar-refractivity contribution in [1.82, 2.24) is 10.3 Å². The van der Waals surface area contributed by atoms with Crippen LogP contribution in [-0.4, -0.2) is 23.6 Å². The maximum Gasteiger partial charge on any atom is 0.186 e. The van der Waals surface area contributed by atoms with E-state index in [0.29, 0.717) is 18.0 Å². The van der Waals surface area contributed by atoms with Crippen LogP contribution in [0.25, 0.3) is 0 Å². The number of nitrogens with zero attached hydrogens (tertiary/aromatic N) is 2. The first-order valence-electron chi connectivity index (χ1n) is 8.38. The Morgan fingerprint density at radius 1 is 1.19 bits per heavy atom. The number of anilines is 1. The third-order valence-corrected chi connectivity index (χ3v) is 4.89. The summed E-state index contributed by atoms with van der Waals surface area (Å²) in [6.45, 7) is 15.6. The highest BCUT2D eigenvalue weighted by Crippen LogP contribution is 2.44. The van der Waals surface area contributed by atoms with Crippen molar-refractivity contribution >= 4 is 16.5 Å². The van der Waals surface area contributed by atoms with Crippen molar-refractivity contribution in [2.45, 2.75) is 78.9 Å².